The van der Waals surface area contributed by atoms with Crippen LogP contribution in [-0.4, -0.2) is 24.7 Å². The van der Waals surface area contributed by atoms with Crippen LogP contribution in [0.2, 0.25) is 5.28 Å². The summed E-state index contributed by atoms with van der Waals surface area (Å²) in [5, 5.41) is 6.83. The van der Waals surface area contributed by atoms with Gasteiger partial charge in [-0.05, 0) is 36.2 Å². The summed E-state index contributed by atoms with van der Waals surface area (Å²) in [7, 11) is 0. The first-order valence-corrected chi connectivity index (χ1v) is 6.45. The molecule has 0 aliphatic heterocycles. The number of para-hydroxylation sites is 1. The molecule has 0 radical (unpaired) electrons. The van der Waals surface area contributed by atoms with Gasteiger partial charge in [-0.15, -0.1) is 0 Å². The number of halogens is 2. The molecule has 1 N–H and O–H groups in total. The zero-order valence-corrected chi connectivity index (χ0v) is 11.7. The van der Waals surface area contributed by atoms with Crippen LogP contribution < -0.4 is 5.32 Å². The quantitative estimate of drug-likeness (QED) is 0.806. The second-order valence-electron chi connectivity index (χ2n) is 4.24. The van der Waals surface area contributed by atoms with Crippen LogP contribution in [0.3, 0.4) is 0 Å². The van der Waals surface area contributed by atoms with E-state index >= 15 is 0 Å². The van der Waals surface area contributed by atoms with E-state index in [0.717, 1.165) is 5.56 Å². The normalized spacial score (nSPS) is 10.6. The molecule has 0 unspecified atom stereocenters. The lowest BCUT2D eigenvalue weighted by Crippen LogP contribution is -2.08. The van der Waals surface area contributed by atoms with Gasteiger partial charge in [0.25, 0.3) is 5.95 Å². The van der Waals surface area contributed by atoms with E-state index < -0.39 is 5.82 Å². The van der Waals surface area contributed by atoms with Crippen LogP contribution in [0.15, 0.2) is 36.7 Å². The number of aromatic nitrogens is 5. The number of aryl methyl sites for hydroxylation is 1. The third-order valence-corrected chi connectivity index (χ3v) is 2.93. The first-order chi connectivity index (χ1) is 10.1. The maximum atomic E-state index is 13.8. The number of hydrogen-bond acceptors (Lipinski definition) is 5. The summed E-state index contributed by atoms with van der Waals surface area (Å²) in [6.45, 7) is 1.78. The Labute approximate surface area is 124 Å². The summed E-state index contributed by atoms with van der Waals surface area (Å²) < 4.78 is 15.3. The van der Waals surface area contributed by atoms with Gasteiger partial charge < -0.3 is 5.32 Å². The summed E-state index contributed by atoms with van der Waals surface area (Å²) in [6, 6.07) is 6.49. The molecule has 3 rings (SSSR count). The van der Waals surface area contributed by atoms with Crippen molar-refractivity contribution in [1.82, 2.24) is 24.7 Å². The van der Waals surface area contributed by atoms with Gasteiger partial charge in [-0.25, -0.2) is 9.07 Å². The number of anilines is 2. The molecule has 0 bridgehead atoms. The molecule has 2 aromatic heterocycles. The second-order valence-corrected chi connectivity index (χ2v) is 4.57. The molecule has 1 aromatic carbocycles. The molecule has 0 spiro atoms. The Kier molecular flexibility index (Phi) is 3.49. The number of hydrogen-bond donors (Lipinski definition) is 1. The standard InChI is InChI=1S/C13H10ClFN6/c1-8-4-2-5-9(15)10(8)17-12-18-11(14)19-13(20-12)21-7-3-6-16-21/h2-7H,1H3,(H,17,18,19,20). The van der Waals surface area contributed by atoms with Crippen LogP contribution in [0.25, 0.3) is 5.95 Å². The Morgan fingerprint density at radius 3 is 2.76 bits per heavy atom. The summed E-state index contributed by atoms with van der Waals surface area (Å²) in [4.78, 5) is 12.1. The zero-order valence-electron chi connectivity index (χ0n) is 11.0. The Bertz CT molecular complexity index is 754. The molecule has 0 saturated carbocycles. The Balaban J connectivity index is 2.00. The Hall–Kier alpha value is -2.54. The van der Waals surface area contributed by atoms with Gasteiger partial charge >= 0.3 is 0 Å². The van der Waals surface area contributed by atoms with E-state index in [1.165, 1.54) is 10.7 Å². The first kappa shape index (κ1) is 13.4. The lowest BCUT2D eigenvalue weighted by atomic mass is 10.2. The second kappa shape index (κ2) is 5.45. The maximum absolute atomic E-state index is 13.8. The lowest BCUT2D eigenvalue weighted by molar-refractivity contribution is 0.630. The molecule has 8 heteroatoms. The fourth-order valence-corrected chi connectivity index (χ4v) is 1.94. The molecule has 21 heavy (non-hydrogen) atoms. The fraction of sp³-hybridized carbons (Fsp3) is 0.0769. The minimum atomic E-state index is -0.396. The molecular weight excluding hydrogens is 295 g/mol. The molecule has 106 valence electrons. The highest BCUT2D eigenvalue weighted by Crippen LogP contribution is 2.22. The number of nitrogens with one attached hydrogen (secondary N) is 1. The predicted molar refractivity (Wildman–Crippen MR) is 76.4 cm³/mol. The highest BCUT2D eigenvalue weighted by atomic mass is 35.5. The van der Waals surface area contributed by atoms with Crippen molar-refractivity contribution in [3.8, 4) is 5.95 Å². The molecule has 6 nitrogen and oxygen atoms in total. The van der Waals surface area contributed by atoms with E-state index in [-0.39, 0.29) is 17.2 Å². The smallest absolute Gasteiger partial charge is 0.256 e. The summed E-state index contributed by atoms with van der Waals surface area (Å²) >= 11 is 5.88. The van der Waals surface area contributed by atoms with Gasteiger partial charge in [0, 0.05) is 12.4 Å². The topological polar surface area (TPSA) is 68.5 Å². The van der Waals surface area contributed by atoms with Crippen molar-refractivity contribution >= 4 is 23.2 Å². The van der Waals surface area contributed by atoms with E-state index in [0.29, 0.717) is 5.69 Å². The number of rotatable bonds is 3. The summed E-state index contributed by atoms with van der Waals surface area (Å²) in [5.74, 6) is -0.00244. The predicted octanol–water partition coefficient (Wildman–Crippen LogP) is 2.90. The van der Waals surface area contributed by atoms with Crippen LogP contribution in [0, 0.1) is 12.7 Å². The van der Waals surface area contributed by atoms with Crippen LogP contribution in [0.4, 0.5) is 16.0 Å². The molecule has 3 aromatic rings. The maximum Gasteiger partial charge on any atom is 0.256 e. The van der Waals surface area contributed by atoms with Gasteiger partial charge in [-0.1, -0.05) is 12.1 Å². The lowest BCUT2D eigenvalue weighted by Gasteiger charge is -2.10. The molecule has 0 amide bonds. The van der Waals surface area contributed by atoms with Crippen molar-refractivity contribution in [3.05, 3.63) is 53.3 Å². The van der Waals surface area contributed by atoms with Crippen molar-refractivity contribution in [2.24, 2.45) is 0 Å². The average molecular weight is 305 g/mol. The third kappa shape index (κ3) is 2.82. The Morgan fingerprint density at radius 2 is 2.05 bits per heavy atom. The molecule has 2 heterocycles. The number of nitrogens with zero attached hydrogens (tertiary/aromatic N) is 5. The SMILES string of the molecule is Cc1cccc(F)c1Nc1nc(Cl)nc(-n2cccn2)n1. The van der Waals surface area contributed by atoms with Gasteiger partial charge in [-0.2, -0.15) is 20.1 Å². The third-order valence-electron chi connectivity index (χ3n) is 2.76. The van der Waals surface area contributed by atoms with Crippen molar-refractivity contribution in [2.75, 3.05) is 5.32 Å². The van der Waals surface area contributed by atoms with E-state index in [1.807, 2.05) is 0 Å². The van der Waals surface area contributed by atoms with Gasteiger partial charge in [0.2, 0.25) is 11.2 Å². The molecule has 0 aliphatic carbocycles. The summed E-state index contributed by atoms with van der Waals surface area (Å²) in [5.41, 5.74) is 1.03. The van der Waals surface area contributed by atoms with Crippen LogP contribution >= 0.6 is 11.6 Å². The van der Waals surface area contributed by atoms with Crippen molar-refractivity contribution in [2.45, 2.75) is 6.92 Å². The van der Waals surface area contributed by atoms with E-state index in [4.69, 9.17) is 11.6 Å². The van der Waals surface area contributed by atoms with Gasteiger partial charge in [-0.3, -0.25) is 0 Å². The molecular formula is C13H10ClFN6. The van der Waals surface area contributed by atoms with Crippen LogP contribution in [0.5, 0.6) is 0 Å². The highest BCUT2D eigenvalue weighted by molar-refractivity contribution is 6.28. The van der Waals surface area contributed by atoms with Gasteiger partial charge in [0.15, 0.2) is 0 Å². The first-order valence-electron chi connectivity index (χ1n) is 6.07. The molecule has 0 fully saturated rings. The van der Waals surface area contributed by atoms with Gasteiger partial charge in [0.1, 0.15) is 5.82 Å². The van der Waals surface area contributed by atoms with E-state index in [1.54, 1.807) is 37.5 Å². The Morgan fingerprint density at radius 1 is 1.19 bits per heavy atom. The zero-order chi connectivity index (χ0) is 14.8. The van der Waals surface area contributed by atoms with Crippen LogP contribution in [-0.2, 0) is 0 Å². The number of benzene rings is 1. The van der Waals surface area contributed by atoms with Crippen molar-refractivity contribution in [1.29, 1.82) is 0 Å². The van der Waals surface area contributed by atoms with E-state index in [9.17, 15) is 4.39 Å². The molecule has 0 saturated heterocycles. The minimum Gasteiger partial charge on any atom is -0.321 e. The van der Waals surface area contributed by atoms with Crippen molar-refractivity contribution < 1.29 is 4.39 Å². The molecule has 0 atom stereocenters. The fourth-order valence-electron chi connectivity index (χ4n) is 1.79. The van der Waals surface area contributed by atoms with Gasteiger partial charge in [0.05, 0.1) is 5.69 Å². The van der Waals surface area contributed by atoms with Crippen LogP contribution in [0.1, 0.15) is 5.56 Å². The minimum absolute atomic E-state index is 0.00741. The monoisotopic (exact) mass is 304 g/mol. The largest absolute Gasteiger partial charge is 0.321 e. The summed E-state index contributed by atoms with van der Waals surface area (Å²) in [6.07, 6.45) is 3.26. The van der Waals surface area contributed by atoms with E-state index in [2.05, 4.69) is 25.4 Å². The highest BCUT2D eigenvalue weighted by Gasteiger charge is 2.11. The van der Waals surface area contributed by atoms with Crippen molar-refractivity contribution in [3.63, 3.8) is 0 Å². The molecule has 0 aliphatic rings. The average Bonchev–Trinajstić information content (AvgIpc) is 2.97.